The largest absolute Gasteiger partial charge is 0.496 e. The van der Waals surface area contributed by atoms with Crippen LogP contribution in [-0.4, -0.2) is 23.9 Å². The lowest BCUT2D eigenvalue weighted by atomic mass is 9.98. The van der Waals surface area contributed by atoms with Gasteiger partial charge in [0.15, 0.2) is 0 Å². The number of aliphatic hydroxyl groups excluding tert-OH is 1. The fourth-order valence-electron chi connectivity index (χ4n) is 1.36. The Labute approximate surface area is 111 Å². The third kappa shape index (κ3) is 3.98. The van der Waals surface area contributed by atoms with Gasteiger partial charge in [-0.15, -0.1) is 0 Å². The van der Waals surface area contributed by atoms with E-state index in [1.807, 2.05) is 32.0 Å². The van der Waals surface area contributed by atoms with E-state index in [0.717, 1.165) is 15.8 Å². The molecule has 2 N–H and O–H groups in total. The molecule has 0 aromatic heterocycles. The maximum atomic E-state index is 9.64. The van der Waals surface area contributed by atoms with Crippen molar-refractivity contribution in [1.82, 2.24) is 5.32 Å². The van der Waals surface area contributed by atoms with Crippen LogP contribution in [-0.2, 0) is 6.54 Å². The third-order valence-corrected chi connectivity index (χ3v) is 3.51. The van der Waals surface area contributed by atoms with Crippen LogP contribution >= 0.6 is 15.9 Å². The summed E-state index contributed by atoms with van der Waals surface area (Å²) in [6, 6.07) is 5.89. The van der Waals surface area contributed by atoms with Crippen LogP contribution < -0.4 is 10.1 Å². The zero-order valence-corrected chi connectivity index (χ0v) is 12.3. The molecular weight excluding hydrogens is 282 g/mol. The van der Waals surface area contributed by atoms with Gasteiger partial charge < -0.3 is 15.2 Å². The Morgan fingerprint density at radius 3 is 2.65 bits per heavy atom. The molecule has 0 saturated heterocycles. The Morgan fingerprint density at radius 2 is 2.12 bits per heavy atom. The summed E-state index contributed by atoms with van der Waals surface area (Å²) in [6.07, 6.45) is -0.416. The maximum absolute atomic E-state index is 9.64. The minimum atomic E-state index is -0.416. The lowest BCUT2D eigenvalue weighted by Gasteiger charge is -2.29. The average molecular weight is 302 g/mol. The van der Waals surface area contributed by atoms with Gasteiger partial charge in [0.05, 0.1) is 13.2 Å². The van der Waals surface area contributed by atoms with Crippen molar-refractivity contribution >= 4 is 15.9 Å². The summed E-state index contributed by atoms with van der Waals surface area (Å²) >= 11 is 3.44. The van der Waals surface area contributed by atoms with E-state index >= 15 is 0 Å². The summed E-state index contributed by atoms with van der Waals surface area (Å²) in [5.41, 5.74) is 0.739. The van der Waals surface area contributed by atoms with Crippen molar-refractivity contribution < 1.29 is 9.84 Å². The van der Waals surface area contributed by atoms with Gasteiger partial charge in [0.1, 0.15) is 5.75 Å². The van der Waals surface area contributed by atoms with Gasteiger partial charge in [0.2, 0.25) is 0 Å². The first kappa shape index (κ1) is 14.5. The van der Waals surface area contributed by atoms with Gasteiger partial charge in [0.25, 0.3) is 0 Å². The Morgan fingerprint density at radius 1 is 1.47 bits per heavy atom. The summed E-state index contributed by atoms with van der Waals surface area (Å²) in [6.45, 7) is 6.38. The Bertz CT molecular complexity index is 378. The van der Waals surface area contributed by atoms with Crippen molar-refractivity contribution in [2.24, 2.45) is 0 Å². The molecule has 1 rings (SSSR count). The second-order valence-corrected chi connectivity index (χ2v) is 5.62. The van der Waals surface area contributed by atoms with Crippen LogP contribution in [0.3, 0.4) is 0 Å². The van der Waals surface area contributed by atoms with Crippen molar-refractivity contribution in [2.75, 3.05) is 7.11 Å². The number of benzene rings is 1. The van der Waals surface area contributed by atoms with Crippen molar-refractivity contribution in [3.05, 3.63) is 28.2 Å². The highest BCUT2D eigenvalue weighted by Gasteiger charge is 2.23. The molecule has 3 nitrogen and oxygen atoms in total. The number of hydrogen-bond acceptors (Lipinski definition) is 3. The van der Waals surface area contributed by atoms with Crippen molar-refractivity contribution in [3.8, 4) is 5.75 Å². The van der Waals surface area contributed by atoms with Crippen LogP contribution in [0, 0.1) is 0 Å². The van der Waals surface area contributed by atoms with Crippen molar-refractivity contribution in [2.45, 2.75) is 39.0 Å². The highest BCUT2D eigenvalue weighted by Crippen LogP contribution is 2.23. The molecule has 0 radical (unpaired) electrons. The van der Waals surface area contributed by atoms with Crippen molar-refractivity contribution in [3.63, 3.8) is 0 Å². The maximum Gasteiger partial charge on any atom is 0.123 e. The number of ether oxygens (including phenoxy) is 1. The first-order valence-electron chi connectivity index (χ1n) is 5.62. The summed E-state index contributed by atoms with van der Waals surface area (Å²) in [5.74, 6) is 0.849. The van der Waals surface area contributed by atoms with Crippen LogP contribution in [0.2, 0.25) is 0 Å². The zero-order chi connectivity index (χ0) is 13.1. The van der Waals surface area contributed by atoms with Gasteiger partial charge in [0, 0.05) is 22.1 Å². The predicted molar refractivity (Wildman–Crippen MR) is 73.3 cm³/mol. The Hall–Kier alpha value is -0.580. The molecule has 96 valence electrons. The van der Waals surface area contributed by atoms with E-state index in [1.54, 1.807) is 14.0 Å². The minimum absolute atomic E-state index is 0.326. The van der Waals surface area contributed by atoms with Crippen LogP contribution in [0.1, 0.15) is 26.3 Å². The van der Waals surface area contributed by atoms with Crippen LogP contribution in [0.15, 0.2) is 22.7 Å². The van der Waals surface area contributed by atoms with E-state index in [0.29, 0.717) is 6.54 Å². The van der Waals surface area contributed by atoms with E-state index in [1.165, 1.54) is 0 Å². The summed E-state index contributed by atoms with van der Waals surface area (Å²) in [5, 5.41) is 13.0. The molecule has 0 aliphatic heterocycles. The van der Waals surface area contributed by atoms with Gasteiger partial charge in [-0.1, -0.05) is 15.9 Å². The first-order valence-corrected chi connectivity index (χ1v) is 6.41. The van der Waals surface area contributed by atoms with Gasteiger partial charge in [-0.2, -0.15) is 0 Å². The van der Waals surface area contributed by atoms with Crippen LogP contribution in [0.4, 0.5) is 0 Å². The molecule has 0 heterocycles. The Balaban J connectivity index is 2.78. The topological polar surface area (TPSA) is 41.5 Å². The van der Waals surface area contributed by atoms with E-state index in [2.05, 4.69) is 21.2 Å². The number of methoxy groups -OCH3 is 1. The first-order chi connectivity index (χ1) is 7.86. The molecule has 0 spiro atoms. The lowest BCUT2D eigenvalue weighted by Crippen LogP contribution is -2.47. The van der Waals surface area contributed by atoms with E-state index in [-0.39, 0.29) is 5.54 Å². The molecular formula is C13H20BrNO2. The zero-order valence-electron chi connectivity index (χ0n) is 10.7. The predicted octanol–water partition coefficient (Wildman–Crippen LogP) is 2.71. The molecule has 0 aliphatic rings. The molecule has 0 fully saturated rings. The summed E-state index contributed by atoms with van der Waals surface area (Å²) in [7, 11) is 1.66. The minimum Gasteiger partial charge on any atom is -0.496 e. The molecule has 0 saturated carbocycles. The third-order valence-electron chi connectivity index (χ3n) is 3.02. The SMILES string of the molecule is COc1ccc(Br)cc1CNC(C)(C)C(C)O. The molecule has 0 amide bonds. The standard InChI is InChI=1S/C13H20BrNO2/c1-9(16)13(2,3)15-8-10-7-11(14)5-6-12(10)17-4/h5-7,9,15-16H,8H2,1-4H3. The molecule has 0 aliphatic carbocycles. The average Bonchev–Trinajstić information content (AvgIpc) is 2.26. The van der Waals surface area contributed by atoms with Gasteiger partial charge in [-0.05, 0) is 39.0 Å². The lowest BCUT2D eigenvalue weighted by molar-refractivity contribution is 0.0955. The number of nitrogens with one attached hydrogen (secondary N) is 1. The molecule has 1 aromatic carbocycles. The molecule has 17 heavy (non-hydrogen) atoms. The van der Waals surface area contributed by atoms with Gasteiger partial charge in [-0.25, -0.2) is 0 Å². The summed E-state index contributed by atoms with van der Waals surface area (Å²) in [4.78, 5) is 0. The van der Waals surface area contributed by atoms with Crippen molar-refractivity contribution in [1.29, 1.82) is 0 Å². The number of aliphatic hydroxyl groups is 1. The number of hydrogen-bond donors (Lipinski definition) is 2. The number of rotatable bonds is 5. The normalized spacial score (nSPS) is 13.5. The smallest absolute Gasteiger partial charge is 0.123 e. The van der Waals surface area contributed by atoms with Gasteiger partial charge in [-0.3, -0.25) is 0 Å². The summed E-state index contributed by atoms with van der Waals surface area (Å²) < 4.78 is 6.32. The molecule has 1 aromatic rings. The van der Waals surface area contributed by atoms with Crippen LogP contribution in [0.5, 0.6) is 5.75 Å². The van der Waals surface area contributed by atoms with E-state index in [4.69, 9.17) is 4.74 Å². The molecule has 4 heteroatoms. The fourth-order valence-corrected chi connectivity index (χ4v) is 1.76. The molecule has 1 unspecified atom stereocenters. The second-order valence-electron chi connectivity index (χ2n) is 4.71. The fraction of sp³-hybridized carbons (Fsp3) is 0.538. The second kappa shape index (κ2) is 5.85. The quantitative estimate of drug-likeness (QED) is 0.879. The molecule has 1 atom stereocenters. The highest BCUT2D eigenvalue weighted by atomic mass is 79.9. The van der Waals surface area contributed by atoms with Crippen LogP contribution in [0.25, 0.3) is 0 Å². The molecule has 0 bridgehead atoms. The monoisotopic (exact) mass is 301 g/mol. The van der Waals surface area contributed by atoms with E-state index in [9.17, 15) is 5.11 Å². The number of halogens is 1. The van der Waals surface area contributed by atoms with E-state index < -0.39 is 6.10 Å². The highest BCUT2D eigenvalue weighted by molar-refractivity contribution is 9.10. The Kier molecular flexibility index (Phi) is 4.98. The van der Waals surface area contributed by atoms with Gasteiger partial charge >= 0.3 is 0 Å².